The minimum absolute atomic E-state index is 0.0546. The van der Waals surface area contributed by atoms with E-state index in [4.69, 9.17) is 21.1 Å². The molecule has 2 aliphatic rings. The number of halogens is 1. The van der Waals surface area contributed by atoms with Gasteiger partial charge in [-0.2, -0.15) is 4.98 Å². The lowest BCUT2D eigenvalue weighted by Gasteiger charge is -2.45. The van der Waals surface area contributed by atoms with Gasteiger partial charge in [-0.05, 0) is 109 Å². The molecule has 1 saturated heterocycles. The minimum atomic E-state index is -3.54. The summed E-state index contributed by atoms with van der Waals surface area (Å²) >= 11 is 6.49. The summed E-state index contributed by atoms with van der Waals surface area (Å²) in [6, 6.07) is 12.2. The van der Waals surface area contributed by atoms with Crippen molar-refractivity contribution in [2.75, 3.05) is 23.8 Å². The number of sulfone groups is 1. The monoisotopic (exact) mass is 667 g/mol. The van der Waals surface area contributed by atoms with Crippen molar-refractivity contribution in [3.8, 4) is 5.75 Å². The molecule has 3 heterocycles. The van der Waals surface area contributed by atoms with Crippen LogP contribution in [-0.2, 0) is 14.6 Å². The van der Waals surface area contributed by atoms with E-state index in [2.05, 4.69) is 64.5 Å². The maximum atomic E-state index is 13.0. The van der Waals surface area contributed by atoms with Gasteiger partial charge in [-0.1, -0.05) is 29.8 Å². The number of anilines is 4. The molecule has 46 heavy (non-hydrogen) atoms. The second-order valence-electron chi connectivity index (χ2n) is 12.8. The molecule has 0 saturated carbocycles. The van der Waals surface area contributed by atoms with Crippen molar-refractivity contribution in [3.05, 3.63) is 64.8 Å². The molecule has 248 valence electrons. The fraction of sp³-hybridized carbons (Fsp3) is 0.486. The Bertz CT molecular complexity index is 1690. The molecule has 2 N–H and O–H groups in total. The zero-order valence-corrected chi connectivity index (χ0v) is 29.4. The van der Waals surface area contributed by atoms with Gasteiger partial charge in [0.2, 0.25) is 5.95 Å². The van der Waals surface area contributed by atoms with Gasteiger partial charge in [0, 0.05) is 31.3 Å². The van der Waals surface area contributed by atoms with Crippen LogP contribution in [0.15, 0.2) is 53.6 Å². The number of hydrogen-bond acceptors (Lipinski definition) is 9. The van der Waals surface area contributed by atoms with Gasteiger partial charge in [-0.15, -0.1) is 0 Å². The number of nitrogens with one attached hydrogen (secondary N) is 2. The van der Waals surface area contributed by atoms with Crippen molar-refractivity contribution in [2.45, 2.75) is 102 Å². The van der Waals surface area contributed by atoms with E-state index in [0.29, 0.717) is 35.5 Å². The molecule has 1 aromatic heterocycles. The predicted octanol–water partition coefficient (Wildman–Crippen LogP) is 7.94. The van der Waals surface area contributed by atoms with Crippen molar-refractivity contribution in [2.24, 2.45) is 0 Å². The number of aromatic nitrogens is 2. The summed E-state index contributed by atoms with van der Waals surface area (Å²) in [6.45, 7) is 15.7. The van der Waals surface area contributed by atoms with Gasteiger partial charge >= 0.3 is 0 Å². The van der Waals surface area contributed by atoms with Crippen molar-refractivity contribution in [3.63, 3.8) is 0 Å². The molecule has 2 aromatic carbocycles. The van der Waals surface area contributed by atoms with Crippen LogP contribution in [0.2, 0.25) is 5.02 Å². The summed E-state index contributed by atoms with van der Waals surface area (Å²) in [5.41, 5.74) is 4.74. The van der Waals surface area contributed by atoms with Gasteiger partial charge in [0.1, 0.15) is 10.8 Å². The third-order valence-electron chi connectivity index (χ3n) is 8.64. The van der Waals surface area contributed by atoms with Crippen LogP contribution in [0.3, 0.4) is 0 Å². The molecule has 11 heteroatoms. The Balaban J connectivity index is 1.44. The Labute approximate surface area is 278 Å². The fourth-order valence-corrected chi connectivity index (χ4v) is 7.80. The first kappa shape index (κ1) is 34.2. The van der Waals surface area contributed by atoms with E-state index < -0.39 is 15.1 Å². The van der Waals surface area contributed by atoms with Gasteiger partial charge in [-0.25, -0.2) is 13.4 Å². The number of rotatable bonds is 10. The zero-order chi connectivity index (χ0) is 33.2. The third-order valence-corrected chi connectivity index (χ3v) is 11.1. The van der Waals surface area contributed by atoms with Crippen LogP contribution >= 0.6 is 11.6 Å². The summed E-state index contributed by atoms with van der Waals surface area (Å²) in [5.74, 6) is 1.28. The van der Waals surface area contributed by atoms with E-state index >= 15 is 0 Å². The van der Waals surface area contributed by atoms with Gasteiger partial charge in [0.05, 0.1) is 33.8 Å². The minimum Gasteiger partial charge on any atom is -0.489 e. The molecule has 0 aliphatic carbocycles. The van der Waals surface area contributed by atoms with Gasteiger partial charge in [-0.3, -0.25) is 4.90 Å². The topological polar surface area (TPSA) is 106 Å². The molecule has 0 unspecified atom stereocenters. The van der Waals surface area contributed by atoms with Crippen molar-refractivity contribution >= 4 is 50.2 Å². The van der Waals surface area contributed by atoms with Crippen LogP contribution in [0.1, 0.15) is 71.9 Å². The average Bonchev–Trinajstić information content (AvgIpc) is 3.00. The Hall–Kier alpha value is -3.18. The van der Waals surface area contributed by atoms with E-state index in [0.717, 1.165) is 43.7 Å². The predicted molar refractivity (Wildman–Crippen MR) is 187 cm³/mol. The lowest BCUT2D eigenvalue weighted by Crippen LogP contribution is -2.50. The quantitative estimate of drug-likeness (QED) is 0.223. The molecule has 0 bridgehead atoms. The van der Waals surface area contributed by atoms with E-state index in [1.807, 2.05) is 13.8 Å². The van der Waals surface area contributed by atoms with Gasteiger partial charge in [0.15, 0.2) is 15.7 Å². The first-order chi connectivity index (χ1) is 21.8. The van der Waals surface area contributed by atoms with Crippen molar-refractivity contribution in [1.29, 1.82) is 0 Å². The van der Waals surface area contributed by atoms with Crippen LogP contribution in [0, 0.1) is 6.92 Å². The lowest BCUT2D eigenvalue weighted by molar-refractivity contribution is 0.00901. The molecular formula is C35H46ClN5O4S. The lowest BCUT2D eigenvalue weighted by atomic mass is 9.87. The standard InChI is InChI=1S/C35H46ClN5O4S/c1-21(2)45-32-19-28(26-17-24(6)41(25(7)18-26)27-12-14-44-15-13-27)23(5)16-31(32)39-35-37-20-29(36)34(40-35)38-30-10-8-9-11-33(30)46(42,43)22(3)4/h8-11,16-17,19-22,24-25,27H,12-15,18H2,1-7H3,(H2,37,38,39,40)/t24-,25-/m1/s1. The highest BCUT2D eigenvalue weighted by Gasteiger charge is 2.33. The summed E-state index contributed by atoms with van der Waals surface area (Å²) in [6.07, 6.45) is 6.96. The highest BCUT2D eigenvalue weighted by molar-refractivity contribution is 7.92. The molecule has 1 fully saturated rings. The van der Waals surface area contributed by atoms with Crippen LogP contribution in [0.25, 0.3) is 5.57 Å². The summed E-state index contributed by atoms with van der Waals surface area (Å²) < 4.78 is 38.0. The number of para-hydroxylation sites is 1. The number of ether oxygens (including phenoxy) is 2. The number of nitrogens with zero attached hydrogens (tertiary/aromatic N) is 3. The number of benzene rings is 2. The Morgan fingerprint density at radius 2 is 1.76 bits per heavy atom. The second-order valence-corrected chi connectivity index (χ2v) is 15.7. The van der Waals surface area contributed by atoms with E-state index in [-0.39, 0.29) is 21.8 Å². The van der Waals surface area contributed by atoms with Crippen LogP contribution in [-0.4, -0.2) is 66.0 Å². The number of hydrogen-bond donors (Lipinski definition) is 2. The normalized spacial score (nSPS) is 19.7. The first-order valence-corrected chi connectivity index (χ1v) is 18.0. The maximum Gasteiger partial charge on any atom is 0.229 e. The SMILES string of the molecule is Cc1cc(Nc2ncc(Cl)c(Nc3ccccc3S(=O)(=O)C(C)C)n2)c(OC(C)C)cc1C1=C[C@@H](C)N(C2CCOCC2)[C@H](C)C1. The van der Waals surface area contributed by atoms with Crippen LogP contribution < -0.4 is 15.4 Å². The molecular weight excluding hydrogens is 622 g/mol. The largest absolute Gasteiger partial charge is 0.489 e. The molecule has 0 spiro atoms. The second kappa shape index (κ2) is 14.3. The molecule has 2 aliphatic heterocycles. The first-order valence-electron chi connectivity index (χ1n) is 16.1. The highest BCUT2D eigenvalue weighted by atomic mass is 35.5. The summed E-state index contributed by atoms with van der Waals surface area (Å²) in [7, 11) is -3.54. The van der Waals surface area contributed by atoms with E-state index in [9.17, 15) is 8.42 Å². The highest BCUT2D eigenvalue weighted by Crippen LogP contribution is 2.39. The fourth-order valence-electron chi connectivity index (χ4n) is 6.46. The van der Waals surface area contributed by atoms with Gasteiger partial charge < -0.3 is 20.1 Å². The smallest absolute Gasteiger partial charge is 0.229 e. The zero-order valence-electron chi connectivity index (χ0n) is 27.8. The third kappa shape index (κ3) is 7.51. The van der Waals surface area contributed by atoms with Crippen LogP contribution in [0.4, 0.5) is 23.1 Å². The molecule has 3 aromatic rings. The summed E-state index contributed by atoms with van der Waals surface area (Å²) in [4.78, 5) is 11.9. The Morgan fingerprint density at radius 3 is 2.43 bits per heavy atom. The molecule has 5 rings (SSSR count). The van der Waals surface area contributed by atoms with Crippen LogP contribution in [0.5, 0.6) is 5.75 Å². The Morgan fingerprint density at radius 1 is 1.04 bits per heavy atom. The average molecular weight is 668 g/mol. The molecule has 2 atom stereocenters. The maximum absolute atomic E-state index is 13.0. The van der Waals surface area contributed by atoms with E-state index in [1.54, 1.807) is 38.1 Å². The summed E-state index contributed by atoms with van der Waals surface area (Å²) in [5, 5.41) is 6.13. The van der Waals surface area contributed by atoms with Gasteiger partial charge in [0.25, 0.3) is 0 Å². The van der Waals surface area contributed by atoms with Crippen molar-refractivity contribution < 1.29 is 17.9 Å². The molecule has 9 nitrogen and oxygen atoms in total. The molecule has 0 amide bonds. The number of aryl methyl sites for hydroxylation is 1. The van der Waals surface area contributed by atoms with E-state index in [1.165, 1.54) is 17.3 Å². The van der Waals surface area contributed by atoms with Crippen molar-refractivity contribution in [1.82, 2.24) is 14.9 Å². The molecule has 0 radical (unpaired) electrons. The Kier molecular flexibility index (Phi) is 10.6.